The molecule has 0 fully saturated rings. The van der Waals surface area contributed by atoms with Gasteiger partial charge in [0.2, 0.25) is 11.9 Å². The summed E-state index contributed by atoms with van der Waals surface area (Å²) in [7, 11) is 1.56. The lowest BCUT2D eigenvalue weighted by atomic mass is 10.3. The zero-order valence-corrected chi connectivity index (χ0v) is 18.6. The van der Waals surface area contributed by atoms with E-state index in [9.17, 15) is 9.59 Å². The first kappa shape index (κ1) is 20.6. The number of carbonyl (C=O) groups is 1. The number of benzene rings is 1. The fourth-order valence-electron chi connectivity index (χ4n) is 3.50. The van der Waals surface area contributed by atoms with Crippen molar-refractivity contribution in [2.24, 2.45) is 0 Å². The number of hydrogen-bond acceptors (Lipinski definition) is 7. The van der Waals surface area contributed by atoms with Crippen LogP contribution in [0, 0.1) is 6.92 Å². The van der Waals surface area contributed by atoms with Crippen molar-refractivity contribution in [1.29, 1.82) is 0 Å². The lowest BCUT2D eigenvalue weighted by Crippen LogP contribution is -2.20. The number of ether oxygens (including phenoxy) is 1. The summed E-state index contributed by atoms with van der Waals surface area (Å²) >= 11 is 1.51. The standard InChI is InChI=1S/C22H19N7O3S/c1-13-10-18(24-19(30)11-14-6-5-9-33-14)29(27-13)22-25-20-15(21(31)26-22)12-23-28(20)16-7-3-4-8-17(16)32-2/h3-10,12H,11H2,1-2H3,(H,24,30)(H,25,26,31). The molecule has 0 unspecified atom stereocenters. The minimum absolute atomic E-state index is 0.156. The molecule has 10 nitrogen and oxygen atoms in total. The number of carbonyl (C=O) groups excluding carboxylic acids is 1. The highest BCUT2D eigenvalue weighted by Crippen LogP contribution is 2.24. The molecule has 0 bridgehead atoms. The third kappa shape index (κ3) is 3.89. The zero-order chi connectivity index (χ0) is 22.9. The molecule has 33 heavy (non-hydrogen) atoms. The Balaban J connectivity index is 1.57. The molecule has 1 aromatic carbocycles. The quantitative estimate of drug-likeness (QED) is 0.401. The normalized spacial score (nSPS) is 11.1. The SMILES string of the molecule is COc1ccccc1-n1ncc2c(=O)[nH]c(-n3nc(C)cc3NC(=O)Cc3cccs3)nc21. The predicted molar refractivity (Wildman–Crippen MR) is 125 cm³/mol. The van der Waals surface area contributed by atoms with Gasteiger partial charge in [-0.05, 0) is 30.5 Å². The number of H-pyrrole nitrogens is 1. The fraction of sp³-hybridized carbons (Fsp3) is 0.136. The molecular weight excluding hydrogens is 442 g/mol. The Morgan fingerprint density at radius 2 is 2.06 bits per heavy atom. The van der Waals surface area contributed by atoms with Gasteiger partial charge in [-0.15, -0.1) is 11.3 Å². The van der Waals surface area contributed by atoms with Gasteiger partial charge in [-0.2, -0.15) is 19.9 Å². The van der Waals surface area contributed by atoms with E-state index in [0.29, 0.717) is 34.0 Å². The monoisotopic (exact) mass is 461 g/mol. The van der Waals surface area contributed by atoms with Crippen LogP contribution in [0.2, 0.25) is 0 Å². The highest BCUT2D eigenvalue weighted by Gasteiger charge is 2.18. The van der Waals surface area contributed by atoms with Gasteiger partial charge in [-0.3, -0.25) is 14.6 Å². The van der Waals surface area contributed by atoms with Crippen molar-refractivity contribution in [1.82, 2.24) is 29.5 Å². The molecule has 4 heterocycles. The van der Waals surface area contributed by atoms with E-state index in [-0.39, 0.29) is 23.8 Å². The second-order valence-electron chi connectivity index (χ2n) is 7.24. The molecule has 0 aliphatic carbocycles. The van der Waals surface area contributed by atoms with Crippen molar-refractivity contribution >= 4 is 34.1 Å². The van der Waals surface area contributed by atoms with Crippen LogP contribution in [0.25, 0.3) is 22.7 Å². The zero-order valence-electron chi connectivity index (χ0n) is 17.8. The number of nitrogens with zero attached hydrogens (tertiary/aromatic N) is 5. The summed E-state index contributed by atoms with van der Waals surface area (Å²) < 4.78 is 8.38. The minimum atomic E-state index is -0.375. The number of rotatable bonds is 6. The number of aromatic amines is 1. The lowest BCUT2D eigenvalue weighted by Gasteiger charge is -2.10. The summed E-state index contributed by atoms with van der Waals surface area (Å²) in [5.41, 5.74) is 1.25. The minimum Gasteiger partial charge on any atom is -0.494 e. The fourth-order valence-corrected chi connectivity index (χ4v) is 4.20. The van der Waals surface area contributed by atoms with Crippen LogP contribution in [-0.4, -0.2) is 42.5 Å². The number of hydrogen-bond donors (Lipinski definition) is 2. The average Bonchev–Trinajstić information content (AvgIpc) is 3.54. The van der Waals surface area contributed by atoms with Crippen molar-refractivity contribution in [3.63, 3.8) is 0 Å². The van der Waals surface area contributed by atoms with E-state index >= 15 is 0 Å². The van der Waals surface area contributed by atoms with E-state index in [1.807, 2.05) is 35.7 Å². The molecule has 0 saturated heterocycles. The summed E-state index contributed by atoms with van der Waals surface area (Å²) in [4.78, 5) is 33.7. The number of nitrogens with one attached hydrogen (secondary N) is 2. The van der Waals surface area contributed by atoms with Crippen LogP contribution in [0.1, 0.15) is 10.6 Å². The first-order valence-electron chi connectivity index (χ1n) is 10.0. The number of anilines is 1. The average molecular weight is 462 g/mol. The second-order valence-corrected chi connectivity index (χ2v) is 8.27. The molecule has 4 aromatic heterocycles. The summed E-state index contributed by atoms with van der Waals surface area (Å²) in [6.07, 6.45) is 1.70. The Hall–Kier alpha value is -4.25. The van der Waals surface area contributed by atoms with Crippen LogP contribution < -0.4 is 15.6 Å². The maximum Gasteiger partial charge on any atom is 0.263 e. The van der Waals surface area contributed by atoms with E-state index in [2.05, 4.69) is 25.5 Å². The van der Waals surface area contributed by atoms with E-state index in [4.69, 9.17) is 4.74 Å². The molecule has 0 saturated carbocycles. The predicted octanol–water partition coefficient (Wildman–Crippen LogP) is 2.85. The van der Waals surface area contributed by atoms with Crippen LogP contribution >= 0.6 is 11.3 Å². The van der Waals surface area contributed by atoms with E-state index in [0.717, 1.165) is 4.88 Å². The summed E-state index contributed by atoms with van der Waals surface area (Å²) in [6.45, 7) is 1.79. The van der Waals surface area contributed by atoms with Gasteiger partial charge >= 0.3 is 0 Å². The van der Waals surface area contributed by atoms with Gasteiger partial charge in [0.25, 0.3) is 5.56 Å². The van der Waals surface area contributed by atoms with Crippen molar-refractivity contribution in [3.05, 3.63) is 75.0 Å². The molecular formula is C22H19N7O3S. The van der Waals surface area contributed by atoms with Gasteiger partial charge < -0.3 is 10.1 Å². The van der Waals surface area contributed by atoms with Gasteiger partial charge in [-0.25, -0.2) is 4.68 Å². The molecule has 2 N–H and O–H groups in total. The second kappa shape index (κ2) is 8.36. The Morgan fingerprint density at radius 3 is 2.85 bits per heavy atom. The Kier molecular flexibility index (Phi) is 5.23. The topological polar surface area (TPSA) is 120 Å². The van der Waals surface area contributed by atoms with Crippen LogP contribution in [-0.2, 0) is 11.2 Å². The smallest absolute Gasteiger partial charge is 0.263 e. The number of amides is 1. The Bertz CT molecular complexity index is 1510. The highest BCUT2D eigenvalue weighted by molar-refractivity contribution is 7.10. The number of methoxy groups -OCH3 is 1. The van der Waals surface area contributed by atoms with Gasteiger partial charge in [-0.1, -0.05) is 18.2 Å². The van der Waals surface area contributed by atoms with Crippen LogP contribution in [0.4, 0.5) is 5.82 Å². The summed E-state index contributed by atoms with van der Waals surface area (Å²) in [5, 5.41) is 13.9. The lowest BCUT2D eigenvalue weighted by molar-refractivity contribution is -0.115. The molecule has 5 aromatic rings. The van der Waals surface area contributed by atoms with Crippen molar-refractivity contribution in [2.45, 2.75) is 13.3 Å². The maximum absolute atomic E-state index is 12.8. The first-order valence-corrected chi connectivity index (χ1v) is 10.9. The number of thiophene rings is 1. The van der Waals surface area contributed by atoms with Gasteiger partial charge in [0, 0.05) is 10.9 Å². The molecule has 0 radical (unpaired) electrons. The Labute approximate surface area is 191 Å². The molecule has 166 valence electrons. The number of aryl methyl sites for hydroxylation is 1. The van der Waals surface area contributed by atoms with Crippen LogP contribution in [0.5, 0.6) is 5.75 Å². The van der Waals surface area contributed by atoms with Crippen LogP contribution in [0.3, 0.4) is 0 Å². The molecule has 0 atom stereocenters. The van der Waals surface area contributed by atoms with E-state index in [1.165, 1.54) is 26.9 Å². The number of aromatic nitrogens is 6. The van der Waals surface area contributed by atoms with Crippen molar-refractivity contribution < 1.29 is 9.53 Å². The maximum atomic E-state index is 12.8. The van der Waals surface area contributed by atoms with Gasteiger partial charge in [0.15, 0.2) is 5.65 Å². The molecule has 11 heteroatoms. The molecule has 0 aliphatic heterocycles. The Morgan fingerprint density at radius 1 is 1.21 bits per heavy atom. The van der Waals surface area contributed by atoms with Crippen LogP contribution in [0.15, 0.2) is 58.8 Å². The first-order chi connectivity index (χ1) is 16.0. The van der Waals surface area contributed by atoms with Gasteiger partial charge in [0.1, 0.15) is 22.6 Å². The largest absolute Gasteiger partial charge is 0.494 e. The van der Waals surface area contributed by atoms with Crippen molar-refractivity contribution in [3.8, 4) is 17.4 Å². The molecule has 1 amide bonds. The number of para-hydroxylation sites is 2. The summed E-state index contributed by atoms with van der Waals surface area (Å²) in [6, 6.07) is 12.8. The summed E-state index contributed by atoms with van der Waals surface area (Å²) in [5.74, 6) is 0.951. The van der Waals surface area contributed by atoms with E-state index in [1.54, 1.807) is 26.2 Å². The number of fused-ring (bicyclic) bond motifs is 1. The van der Waals surface area contributed by atoms with Crippen molar-refractivity contribution in [2.75, 3.05) is 12.4 Å². The van der Waals surface area contributed by atoms with Gasteiger partial charge in [0.05, 0.1) is 25.4 Å². The molecule has 5 rings (SSSR count). The highest BCUT2D eigenvalue weighted by atomic mass is 32.1. The third-order valence-corrected chi connectivity index (χ3v) is 5.83. The molecule has 0 spiro atoms. The van der Waals surface area contributed by atoms with E-state index < -0.39 is 0 Å². The third-order valence-electron chi connectivity index (χ3n) is 4.95. The molecule has 0 aliphatic rings.